The van der Waals surface area contributed by atoms with Crippen LogP contribution < -0.4 is 0 Å². The molecule has 0 atom stereocenters. The van der Waals surface area contributed by atoms with Gasteiger partial charge in [-0.25, -0.2) is 4.79 Å². The van der Waals surface area contributed by atoms with Crippen molar-refractivity contribution in [3.05, 3.63) is 11.8 Å². The summed E-state index contributed by atoms with van der Waals surface area (Å²) in [5, 5.41) is 8.22. The van der Waals surface area contributed by atoms with E-state index in [0.717, 1.165) is 7.11 Å². The Morgan fingerprint density at radius 2 is 1.94 bits per heavy atom. The smallest absolute Gasteiger partial charge is 0.478 e. The molecule has 0 bridgehead atoms. The van der Waals surface area contributed by atoms with Gasteiger partial charge in [0.2, 0.25) is 0 Å². The van der Waals surface area contributed by atoms with Crippen LogP contribution >= 0.6 is 0 Å². The van der Waals surface area contributed by atoms with E-state index < -0.39 is 34.0 Å². The van der Waals surface area contributed by atoms with Crippen LogP contribution in [0.4, 0.5) is 13.2 Å². The Balaban J connectivity index is 4.99. The third-order valence-electron chi connectivity index (χ3n) is 1.07. The van der Waals surface area contributed by atoms with E-state index >= 15 is 0 Å². The van der Waals surface area contributed by atoms with Gasteiger partial charge in [0.15, 0.2) is 5.76 Å². The molecule has 0 heterocycles. The molecule has 16 heavy (non-hydrogen) atoms. The van der Waals surface area contributed by atoms with E-state index in [1.54, 1.807) is 0 Å². The molecule has 0 aliphatic rings. The van der Waals surface area contributed by atoms with Gasteiger partial charge in [-0.3, -0.25) is 0 Å². The minimum atomic E-state index is -5.88. The quantitative estimate of drug-likeness (QED) is 0.336. The lowest BCUT2D eigenvalue weighted by molar-refractivity contribution is -0.131. The molecule has 0 saturated carbocycles. The molecule has 0 spiro atoms. The Labute approximate surface area is 88.4 Å². The highest BCUT2D eigenvalue weighted by molar-refractivity contribution is 7.87. The average Bonchev–Trinajstić information content (AvgIpc) is 1.99. The first kappa shape index (κ1) is 14.7. The minimum absolute atomic E-state index is 0.160. The van der Waals surface area contributed by atoms with Crippen LogP contribution in [0.3, 0.4) is 0 Å². The van der Waals surface area contributed by atoms with Gasteiger partial charge >= 0.3 is 21.6 Å². The molecule has 0 aliphatic carbocycles. The Morgan fingerprint density at radius 3 is 2.25 bits per heavy atom. The molecule has 0 aromatic rings. The van der Waals surface area contributed by atoms with E-state index in [0.29, 0.717) is 0 Å². The summed E-state index contributed by atoms with van der Waals surface area (Å²) in [5.74, 6) is -2.64. The molecule has 0 rings (SSSR count). The lowest BCUT2D eigenvalue weighted by Crippen LogP contribution is -2.26. The van der Waals surface area contributed by atoms with E-state index in [-0.39, 0.29) is 6.08 Å². The van der Waals surface area contributed by atoms with Gasteiger partial charge in [-0.05, 0) is 0 Å². The van der Waals surface area contributed by atoms with Gasteiger partial charge in [0.05, 0.1) is 6.08 Å². The second-order valence-corrected chi connectivity index (χ2v) is 3.90. The third kappa shape index (κ3) is 4.49. The van der Waals surface area contributed by atoms with Crippen molar-refractivity contribution >= 4 is 16.1 Å². The monoisotopic (exact) mass is 264 g/mol. The zero-order valence-corrected chi connectivity index (χ0v) is 8.63. The number of rotatable bonds is 5. The lowest BCUT2D eigenvalue weighted by atomic mass is 10.5. The normalized spacial score (nSPS) is 13.6. The molecule has 0 saturated heterocycles. The summed E-state index contributed by atoms with van der Waals surface area (Å²) in [6, 6.07) is 0. The zero-order chi connectivity index (χ0) is 13.0. The van der Waals surface area contributed by atoms with Crippen LogP contribution in [-0.4, -0.2) is 38.7 Å². The number of halogens is 3. The van der Waals surface area contributed by atoms with Crippen molar-refractivity contribution in [2.75, 3.05) is 13.7 Å². The van der Waals surface area contributed by atoms with Crippen molar-refractivity contribution in [1.29, 1.82) is 0 Å². The predicted molar refractivity (Wildman–Crippen MR) is 43.7 cm³/mol. The van der Waals surface area contributed by atoms with Gasteiger partial charge in [-0.1, -0.05) is 0 Å². The molecule has 0 unspecified atom stereocenters. The van der Waals surface area contributed by atoms with Crippen molar-refractivity contribution in [3.63, 3.8) is 0 Å². The molecule has 0 amide bonds. The molecule has 1 N–H and O–H groups in total. The Morgan fingerprint density at radius 1 is 1.44 bits per heavy atom. The van der Waals surface area contributed by atoms with E-state index in [4.69, 9.17) is 5.11 Å². The largest absolute Gasteiger partial charge is 0.534 e. The summed E-state index contributed by atoms with van der Waals surface area (Å²) in [7, 11) is -4.85. The van der Waals surface area contributed by atoms with Crippen LogP contribution in [0.2, 0.25) is 0 Å². The summed E-state index contributed by atoms with van der Waals surface area (Å²) >= 11 is 0. The van der Waals surface area contributed by atoms with Gasteiger partial charge < -0.3 is 14.0 Å². The maximum Gasteiger partial charge on any atom is 0.534 e. The van der Waals surface area contributed by atoms with Crippen LogP contribution in [0, 0.1) is 0 Å². The summed E-state index contributed by atoms with van der Waals surface area (Å²) < 4.78 is 64.3. The first-order valence-corrected chi connectivity index (χ1v) is 4.94. The van der Waals surface area contributed by atoms with Gasteiger partial charge in [0.1, 0.15) is 6.61 Å². The number of alkyl halides is 3. The Kier molecular flexibility index (Phi) is 4.75. The number of carboxylic acids is 1. The van der Waals surface area contributed by atoms with E-state index in [9.17, 15) is 26.4 Å². The third-order valence-corrected chi connectivity index (χ3v) is 2.07. The highest BCUT2D eigenvalue weighted by Gasteiger charge is 2.48. The fourth-order valence-corrected chi connectivity index (χ4v) is 1.03. The summed E-state index contributed by atoms with van der Waals surface area (Å²) in [5.41, 5.74) is -5.63. The summed E-state index contributed by atoms with van der Waals surface area (Å²) in [6.07, 6.45) is 0.160. The maximum atomic E-state index is 11.8. The predicted octanol–water partition coefficient (Wildman–Crippen LogP) is 0.468. The van der Waals surface area contributed by atoms with Crippen molar-refractivity contribution in [1.82, 2.24) is 0 Å². The van der Waals surface area contributed by atoms with E-state index in [2.05, 4.69) is 8.92 Å². The molecule has 94 valence electrons. The highest BCUT2D eigenvalue weighted by atomic mass is 32.2. The summed E-state index contributed by atoms with van der Waals surface area (Å²) in [4.78, 5) is 10.1. The second kappa shape index (κ2) is 5.16. The number of ether oxygens (including phenoxy) is 1. The number of carbonyl (C=O) groups is 1. The first-order valence-electron chi connectivity index (χ1n) is 3.53. The fraction of sp³-hybridized carbons (Fsp3) is 0.500. The van der Waals surface area contributed by atoms with Crippen LogP contribution in [0.5, 0.6) is 0 Å². The maximum absolute atomic E-state index is 11.8. The molecule has 0 aromatic heterocycles. The first-order chi connectivity index (χ1) is 7.10. The molecule has 0 radical (unpaired) electrons. The summed E-state index contributed by atoms with van der Waals surface area (Å²) in [6.45, 7) is -0.721. The van der Waals surface area contributed by atoms with Crippen LogP contribution in [-0.2, 0) is 23.8 Å². The second-order valence-electron chi connectivity index (χ2n) is 2.37. The number of hydrogen-bond acceptors (Lipinski definition) is 5. The standard InChI is InChI=1S/C6H7F3O6S/c1-14-3-4(2-5(10)11)15-16(12,13)6(7,8)9/h2H,3H2,1H3,(H,10,11)/b4-2+. The minimum Gasteiger partial charge on any atom is -0.478 e. The van der Waals surface area contributed by atoms with Crippen molar-refractivity contribution in [2.24, 2.45) is 0 Å². The average molecular weight is 264 g/mol. The molecule has 0 aliphatic heterocycles. The zero-order valence-electron chi connectivity index (χ0n) is 7.82. The SMILES string of the molecule is COC/C(=C\C(=O)O)OS(=O)(=O)C(F)(F)F. The molecule has 0 fully saturated rings. The molecular formula is C6H7F3O6S. The van der Waals surface area contributed by atoms with Crippen LogP contribution in [0.25, 0.3) is 0 Å². The molecule has 10 heteroatoms. The van der Waals surface area contributed by atoms with Gasteiger partial charge in [-0.2, -0.15) is 21.6 Å². The lowest BCUT2D eigenvalue weighted by Gasteiger charge is -2.11. The molecule has 0 aromatic carbocycles. The number of aliphatic carboxylic acids is 1. The van der Waals surface area contributed by atoms with Gasteiger partial charge in [-0.15, -0.1) is 0 Å². The van der Waals surface area contributed by atoms with E-state index in [1.165, 1.54) is 0 Å². The van der Waals surface area contributed by atoms with Gasteiger partial charge in [0.25, 0.3) is 0 Å². The highest BCUT2D eigenvalue weighted by Crippen LogP contribution is 2.26. The fourth-order valence-electron chi connectivity index (χ4n) is 0.558. The Bertz CT molecular complexity index is 382. The number of hydrogen-bond donors (Lipinski definition) is 1. The van der Waals surface area contributed by atoms with Crippen LogP contribution in [0.1, 0.15) is 0 Å². The van der Waals surface area contributed by atoms with Crippen LogP contribution in [0.15, 0.2) is 11.8 Å². The van der Waals surface area contributed by atoms with Gasteiger partial charge in [0, 0.05) is 7.11 Å². The van der Waals surface area contributed by atoms with Crippen molar-refractivity contribution in [2.45, 2.75) is 5.51 Å². The Hall–Kier alpha value is -1.29. The number of carboxylic acid groups (broad SMARTS) is 1. The molecular weight excluding hydrogens is 257 g/mol. The molecule has 6 nitrogen and oxygen atoms in total. The van der Waals surface area contributed by atoms with Crippen molar-refractivity contribution in [3.8, 4) is 0 Å². The van der Waals surface area contributed by atoms with Crippen molar-refractivity contribution < 1.29 is 40.4 Å². The number of methoxy groups -OCH3 is 1. The van der Waals surface area contributed by atoms with E-state index in [1.807, 2.05) is 0 Å². The topological polar surface area (TPSA) is 89.9 Å².